The van der Waals surface area contributed by atoms with E-state index >= 15 is 0 Å². The van der Waals surface area contributed by atoms with E-state index in [4.69, 9.17) is 0 Å². The fourth-order valence-electron chi connectivity index (χ4n) is 3.62. The van der Waals surface area contributed by atoms with Crippen molar-refractivity contribution in [2.75, 3.05) is 0 Å². The molecular weight excluding hydrogens is 370 g/mol. The maximum Gasteiger partial charge on any atom is 0.254 e. The van der Waals surface area contributed by atoms with Crippen LogP contribution in [0.3, 0.4) is 0 Å². The van der Waals surface area contributed by atoms with Gasteiger partial charge in [-0.15, -0.1) is 0 Å². The zero-order chi connectivity index (χ0) is 19.9. The molecule has 1 heterocycles. The highest BCUT2D eigenvalue weighted by Crippen LogP contribution is 2.23. The first-order chi connectivity index (χ1) is 13.5. The Labute approximate surface area is 170 Å². The molecule has 1 aliphatic carbocycles. The summed E-state index contributed by atoms with van der Waals surface area (Å²) in [6.07, 6.45) is 5.22. The van der Waals surface area contributed by atoms with Crippen molar-refractivity contribution in [2.45, 2.75) is 69.3 Å². The third-order valence-electron chi connectivity index (χ3n) is 5.40. The topological polar surface area (TPSA) is 74.8 Å². The molecule has 0 spiro atoms. The number of aryl methyl sites for hydroxylation is 1. The molecule has 0 saturated heterocycles. The summed E-state index contributed by atoms with van der Waals surface area (Å²) in [5.74, 6) is 1.55. The normalized spacial score (nSPS) is 19.4. The molecule has 5 nitrogen and oxygen atoms in total. The molecule has 3 rings (SSSR count). The van der Waals surface area contributed by atoms with Crippen LogP contribution in [0.1, 0.15) is 55.8 Å². The van der Waals surface area contributed by atoms with E-state index in [0.717, 1.165) is 24.5 Å². The molecule has 0 unspecified atom stereocenters. The smallest absolute Gasteiger partial charge is 0.254 e. The highest BCUT2D eigenvalue weighted by atomic mass is 32.2. The van der Waals surface area contributed by atoms with E-state index in [2.05, 4.69) is 34.3 Å². The second-order valence-corrected chi connectivity index (χ2v) is 8.70. The van der Waals surface area contributed by atoms with Crippen LogP contribution in [0.4, 0.5) is 0 Å². The molecule has 1 aromatic heterocycles. The number of benzene rings is 1. The van der Waals surface area contributed by atoms with Gasteiger partial charge < -0.3 is 10.3 Å². The molecule has 28 heavy (non-hydrogen) atoms. The highest BCUT2D eigenvalue weighted by molar-refractivity contribution is 7.98. The maximum absolute atomic E-state index is 12.5. The largest absolute Gasteiger partial charge is 0.353 e. The number of carbonyl (C=O) groups excluding carboxylic acids is 1. The van der Waals surface area contributed by atoms with Crippen molar-refractivity contribution < 1.29 is 4.79 Å². The van der Waals surface area contributed by atoms with Gasteiger partial charge in [0.1, 0.15) is 0 Å². The summed E-state index contributed by atoms with van der Waals surface area (Å²) in [5.41, 5.74) is 2.36. The molecule has 0 radical (unpaired) electrons. The van der Waals surface area contributed by atoms with Crippen LogP contribution in [0.2, 0.25) is 0 Å². The molecule has 1 fully saturated rings. The van der Waals surface area contributed by atoms with Crippen LogP contribution in [0.25, 0.3) is 0 Å². The van der Waals surface area contributed by atoms with Crippen LogP contribution in [-0.4, -0.2) is 21.9 Å². The number of hydrogen-bond acceptors (Lipinski definition) is 4. The lowest BCUT2D eigenvalue weighted by Gasteiger charge is -2.26. The zero-order valence-corrected chi connectivity index (χ0v) is 17.5. The number of carbonyl (C=O) groups is 1. The van der Waals surface area contributed by atoms with Gasteiger partial charge >= 0.3 is 0 Å². The monoisotopic (exact) mass is 399 g/mol. The molecule has 1 aliphatic rings. The molecule has 1 aromatic carbocycles. The number of nitrogens with one attached hydrogen (secondary N) is 2. The number of amides is 1. The van der Waals surface area contributed by atoms with Gasteiger partial charge in [-0.25, -0.2) is 4.98 Å². The van der Waals surface area contributed by atoms with E-state index < -0.39 is 0 Å². The Balaban J connectivity index is 1.52. The summed E-state index contributed by atoms with van der Waals surface area (Å²) < 4.78 is 0. The summed E-state index contributed by atoms with van der Waals surface area (Å²) >= 11 is 1.51. The molecule has 1 amide bonds. The molecular formula is C22H29N3O2S. The minimum atomic E-state index is -0.137. The average Bonchev–Trinajstić information content (AvgIpc) is 2.68. The predicted molar refractivity (Wildman–Crippen MR) is 113 cm³/mol. The van der Waals surface area contributed by atoms with Gasteiger partial charge in [-0.1, -0.05) is 49.0 Å². The average molecular weight is 400 g/mol. The van der Waals surface area contributed by atoms with Gasteiger partial charge in [0.25, 0.3) is 5.56 Å². The Morgan fingerprint density at radius 2 is 1.93 bits per heavy atom. The van der Waals surface area contributed by atoms with Crippen molar-refractivity contribution in [1.29, 1.82) is 0 Å². The number of hydrogen-bond donors (Lipinski definition) is 2. The Morgan fingerprint density at radius 3 is 2.61 bits per heavy atom. The van der Waals surface area contributed by atoms with Crippen molar-refractivity contribution in [3.63, 3.8) is 0 Å². The standard InChI is InChI=1S/C22H29N3O2S/c1-15-8-10-18(11-9-15)24-20(26)13-12-19-16(2)23-22(25-21(19)27)28-14-17-6-4-3-5-7-17/h3-7,15,18H,8-14H2,1-2H3,(H,24,26)(H,23,25,27). The second kappa shape index (κ2) is 9.92. The quantitative estimate of drug-likeness (QED) is 0.545. The van der Waals surface area contributed by atoms with E-state index in [0.29, 0.717) is 29.3 Å². The van der Waals surface area contributed by atoms with Crippen molar-refractivity contribution in [2.24, 2.45) is 5.92 Å². The summed E-state index contributed by atoms with van der Waals surface area (Å²) in [6, 6.07) is 10.4. The lowest BCUT2D eigenvalue weighted by atomic mass is 9.87. The van der Waals surface area contributed by atoms with Gasteiger partial charge in [0.05, 0.1) is 0 Å². The fourth-order valence-corrected chi connectivity index (χ4v) is 4.48. The molecule has 1 saturated carbocycles. The van der Waals surface area contributed by atoms with Crippen LogP contribution >= 0.6 is 11.8 Å². The predicted octanol–water partition coefficient (Wildman–Crippen LogP) is 4.00. The summed E-state index contributed by atoms with van der Waals surface area (Å²) in [6.45, 7) is 4.11. The van der Waals surface area contributed by atoms with Crippen molar-refractivity contribution >= 4 is 17.7 Å². The molecule has 150 valence electrons. The van der Waals surface area contributed by atoms with Gasteiger partial charge in [-0.05, 0) is 50.5 Å². The molecule has 2 aromatic rings. The Bertz CT molecular complexity index is 843. The number of aromatic nitrogens is 2. The number of nitrogens with zero attached hydrogens (tertiary/aromatic N) is 1. The molecule has 2 N–H and O–H groups in total. The van der Waals surface area contributed by atoms with E-state index in [1.807, 2.05) is 25.1 Å². The number of H-pyrrole nitrogens is 1. The van der Waals surface area contributed by atoms with Gasteiger partial charge in [-0.2, -0.15) is 0 Å². The van der Waals surface area contributed by atoms with Crippen LogP contribution in [0.15, 0.2) is 40.3 Å². The fraction of sp³-hybridized carbons (Fsp3) is 0.500. The van der Waals surface area contributed by atoms with Crippen LogP contribution in [0, 0.1) is 12.8 Å². The lowest BCUT2D eigenvalue weighted by molar-refractivity contribution is -0.122. The summed E-state index contributed by atoms with van der Waals surface area (Å²) in [5, 5.41) is 3.74. The minimum absolute atomic E-state index is 0.0286. The van der Waals surface area contributed by atoms with Crippen molar-refractivity contribution in [1.82, 2.24) is 15.3 Å². The Morgan fingerprint density at radius 1 is 1.21 bits per heavy atom. The third kappa shape index (κ3) is 5.96. The first-order valence-electron chi connectivity index (χ1n) is 10.1. The highest BCUT2D eigenvalue weighted by Gasteiger charge is 2.20. The van der Waals surface area contributed by atoms with E-state index in [9.17, 15) is 9.59 Å². The van der Waals surface area contributed by atoms with Gasteiger partial charge in [0, 0.05) is 29.5 Å². The minimum Gasteiger partial charge on any atom is -0.353 e. The van der Waals surface area contributed by atoms with E-state index in [1.54, 1.807) is 0 Å². The van der Waals surface area contributed by atoms with Crippen molar-refractivity contribution in [3.8, 4) is 0 Å². The van der Waals surface area contributed by atoms with Crippen LogP contribution < -0.4 is 10.9 Å². The Hall–Kier alpha value is -2.08. The molecule has 0 aliphatic heterocycles. The van der Waals surface area contributed by atoms with Gasteiger partial charge in [0.2, 0.25) is 5.91 Å². The van der Waals surface area contributed by atoms with Crippen LogP contribution in [-0.2, 0) is 17.0 Å². The first kappa shape index (κ1) is 20.6. The van der Waals surface area contributed by atoms with Crippen molar-refractivity contribution in [3.05, 3.63) is 57.5 Å². The van der Waals surface area contributed by atoms with E-state index in [-0.39, 0.29) is 17.5 Å². The number of rotatable bonds is 7. The SMILES string of the molecule is Cc1nc(SCc2ccccc2)[nH]c(=O)c1CCC(=O)NC1CCC(C)CC1. The summed E-state index contributed by atoms with van der Waals surface area (Å²) in [7, 11) is 0. The molecule has 0 bridgehead atoms. The number of thioether (sulfide) groups is 1. The van der Waals surface area contributed by atoms with Crippen LogP contribution in [0.5, 0.6) is 0 Å². The maximum atomic E-state index is 12.5. The zero-order valence-electron chi connectivity index (χ0n) is 16.7. The van der Waals surface area contributed by atoms with Gasteiger partial charge in [-0.3, -0.25) is 9.59 Å². The Kier molecular flexibility index (Phi) is 7.31. The third-order valence-corrected chi connectivity index (χ3v) is 6.35. The summed E-state index contributed by atoms with van der Waals surface area (Å²) in [4.78, 5) is 32.1. The first-order valence-corrected chi connectivity index (χ1v) is 11.1. The van der Waals surface area contributed by atoms with Gasteiger partial charge in [0.15, 0.2) is 5.16 Å². The lowest BCUT2D eigenvalue weighted by Crippen LogP contribution is -2.37. The molecule has 0 atom stereocenters. The number of aromatic amines is 1. The second-order valence-electron chi connectivity index (χ2n) is 7.73. The molecule has 6 heteroatoms. The van der Waals surface area contributed by atoms with E-state index in [1.165, 1.54) is 30.2 Å².